The molecule has 0 bridgehead atoms. The Morgan fingerprint density at radius 1 is 1.20 bits per heavy atom. The van der Waals surface area contributed by atoms with E-state index in [0.29, 0.717) is 12.0 Å². The van der Waals surface area contributed by atoms with Crippen LogP contribution >= 0.6 is 0 Å². The molecule has 84 valence electrons. The molecule has 0 fully saturated rings. The summed E-state index contributed by atoms with van der Waals surface area (Å²) >= 11 is 0. The Kier molecular flexibility index (Phi) is 3.80. The first-order valence-electron chi connectivity index (χ1n) is 5.14. The molecule has 0 aliphatic carbocycles. The molecule has 0 saturated carbocycles. The number of hydrogen-bond donors (Lipinski definition) is 1. The van der Waals surface area contributed by atoms with Crippen LogP contribution in [-0.4, -0.2) is 5.11 Å². The van der Waals surface area contributed by atoms with Crippen molar-refractivity contribution in [2.45, 2.75) is 38.7 Å². The van der Waals surface area contributed by atoms with Crippen LogP contribution in [0.1, 0.15) is 38.7 Å². The quantitative estimate of drug-likeness (QED) is 0.814. The molecule has 0 saturated heterocycles. The maximum atomic E-state index is 12.9. The van der Waals surface area contributed by atoms with Gasteiger partial charge in [0, 0.05) is 6.07 Å². The van der Waals surface area contributed by atoms with Gasteiger partial charge in [-0.25, -0.2) is 8.78 Å². The molecule has 3 heteroatoms. The van der Waals surface area contributed by atoms with Crippen molar-refractivity contribution in [3.8, 4) is 0 Å². The second-order valence-electron chi connectivity index (χ2n) is 4.04. The van der Waals surface area contributed by atoms with E-state index >= 15 is 0 Å². The second kappa shape index (κ2) is 4.71. The van der Waals surface area contributed by atoms with Gasteiger partial charge in [0.15, 0.2) is 0 Å². The lowest BCUT2D eigenvalue weighted by Crippen LogP contribution is -2.21. The Balaban J connectivity index is 2.93. The van der Waals surface area contributed by atoms with Gasteiger partial charge in [0.1, 0.15) is 11.6 Å². The number of aliphatic hydroxyl groups is 1. The molecular formula is C12H16F2O. The van der Waals surface area contributed by atoms with Crippen LogP contribution in [0.5, 0.6) is 0 Å². The average molecular weight is 214 g/mol. The zero-order valence-electron chi connectivity index (χ0n) is 9.06. The van der Waals surface area contributed by atoms with E-state index in [1.807, 2.05) is 6.92 Å². The summed E-state index contributed by atoms with van der Waals surface area (Å²) in [4.78, 5) is 0. The number of halogens is 2. The molecule has 0 heterocycles. The normalized spacial score (nSPS) is 15.0. The van der Waals surface area contributed by atoms with Crippen molar-refractivity contribution in [2.75, 3.05) is 0 Å². The van der Waals surface area contributed by atoms with Crippen molar-refractivity contribution < 1.29 is 13.9 Å². The van der Waals surface area contributed by atoms with Gasteiger partial charge in [0.2, 0.25) is 0 Å². The standard InChI is InChI=1S/C12H16F2O/c1-3-4-5-12(2,15)9-6-10(13)8-11(14)7-9/h6-8,15H,3-5H2,1-2H3. The molecule has 1 rings (SSSR count). The van der Waals surface area contributed by atoms with Gasteiger partial charge in [-0.3, -0.25) is 0 Å². The van der Waals surface area contributed by atoms with Crippen molar-refractivity contribution >= 4 is 0 Å². The summed E-state index contributed by atoms with van der Waals surface area (Å²) in [6.07, 6.45) is 2.27. The summed E-state index contributed by atoms with van der Waals surface area (Å²) in [5, 5.41) is 10.0. The fourth-order valence-corrected chi connectivity index (χ4v) is 1.53. The molecule has 1 aromatic carbocycles. The highest BCUT2D eigenvalue weighted by molar-refractivity contribution is 5.23. The Labute approximate surface area is 88.7 Å². The number of benzene rings is 1. The van der Waals surface area contributed by atoms with Crippen LogP contribution in [0, 0.1) is 11.6 Å². The molecule has 1 nitrogen and oxygen atoms in total. The summed E-state index contributed by atoms with van der Waals surface area (Å²) in [5.74, 6) is -1.30. The molecule has 0 aliphatic heterocycles. The van der Waals surface area contributed by atoms with Crippen LogP contribution in [0.4, 0.5) is 8.78 Å². The van der Waals surface area contributed by atoms with Gasteiger partial charge >= 0.3 is 0 Å². The maximum Gasteiger partial charge on any atom is 0.126 e. The molecule has 1 unspecified atom stereocenters. The lowest BCUT2D eigenvalue weighted by molar-refractivity contribution is 0.0447. The number of rotatable bonds is 4. The fourth-order valence-electron chi connectivity index (χ4n) is 1.53. The molecule has 1 atom stereocenters. The zero-order chi connectivity index (χ0) is 11.5. The third-order valence-corrected chi connectivity index (χ3v) is 2.50. The molecule has 1 aromatic rings. The molecule has 0 radical (unpaired) electrons. The van der Waals surface area contributed by atoms with Gasteiger partial charge < -0.3 is 5.11 Å². The molecule has 0 spiro atoms. The van der Waals surface area contributed by atoms with E-state index in [1.54, 1.807) is 6.92 Å². The molecular weight excluding hydrogens is 198 g/mol. The Morgan fingerprint density at radius 3 is 2.20 bits per heavy atom. The van der Waals surface area contributed by atoms with E-state index in [-0.39, 0.29) is 0 Å². The zero-order valence-corrected chi connectivity index (χ0v) is 9.06. The van der Waals surface area contributed by atoms with Gasteiger partial charge in [-0.2, -0.15) is 0 Å². The highest BCUT2D eigenvalue weighted by Crippen LogP contribution is 2.27. The number of unbranched alkanes of at least 4 members (excludes halogenated alkanes) is 1. The van der Waals surface area contributed by atoms with Crippen LogP contribution in [0.3, 0.4) is 0 Å². The van der Waals surface area contributed by atoms with Crippen molar-refractivity contribution in [1.29, 1.82) is 0 Å². The molecule has 0 amide bonds. The summed E-state index contributed by atoms with van der Waals surface area (Å²) in [5.41, 5.74) is -0.854. The van der Waals surface area contributed by atoms with Gasteiger partial charge in [-0.1, -0.05) is 19.8 Å². The third-order valence-electron chi connectivity index (χ3n) is 2.50. The lowest BCUT2D eigenvalue weighted by atomic mass is 9.90. The van der Waals surface area contributed by atoms with Gasteiger partial charge in [0.05, 0.1) is 5.60 Å². The number of hydrogen-bond acceptors (Lipinski definition) is 1. The van der Waals surface area contributed by atoms with Crippen molar-refractivity contribution in [3.63, 3.8) is 0 Å². The monoisotopic (exact) mass is 214 g/mol. The second-order valence-corrected chi connectivity index (χ2v) is 4.04. The van der Waals surface area contributed by atoms with Gasteiger partial charge in [0.25, 0.3) is 0 Å². The summed E-state index contributed by atoms with van der Waals surface area (Å²) in [6, 6.07) is 3.16. The Morgan fingerprint density at radius 2 is 1.73 bits per heavy atom. The van der Waals surface area contributed by atoms with Crippen LogP contribution < -0.4 is 0 Å². The van der Waals surface area contributed by atoms with Crippen LogP contribution in [0.25, 0.3) is 0 Å². The average Bonchev–Trinajstić information content (AvgIpc) is 2.13. The molecule has 0 aromatic heterocycles. The first-order chi connectivity index (χ1) is 6.95. The highest BCUT2D eigenvalue weighted by Gasteiger charge is 2.23. The summed E-state index contributed by atoms with van der Waals surface area (Å²) < 4.78 is 25.9. The molecule has 15 heavy (non-hydrogen) atoms. The minimum Gasteiger partial charge on any atom is -0.385 e. The molecule has 0 aliphatic rings. The van der Waals surface area contributed by atoms with E-state index in [1.165, 1.54) is 12.1 Å². The van der Waals surface area contributed by atoms with E-state index in [2.05, 4.69) is 0 Å². The maximum absolute atomic E-state index is 12.9. The topological polar surface area (TPSA) is 20.2 Å². The fraction of sp³-hybridized carbons (Fsp3) is 0.500. The van der Waals surface area contributed by atoms with E-state index in [4.69, 9.17) is 0 Å². The minimum atomic E-state index is -1.15. The van der Waals surface area contributed by atoms with E-state index in [0.717, 1.165) is 18.9 Å². The van der Waals surface area contributed by atoms with Crippen LogP contribution in [0.2, 0.25) is 0 Å². The first-order valence-corrected chi connectivity index (χ1v) is 5.14. The minimum absolute atomic E-state index is 0.299. The summed E-state index contributed by atoms with van der Waals surface area (Å²) in [7, 11) is 0. The Bertz CT molecular complexity index is 314. The third kappa shape index (κ3) is 3.27. The van der Waals surface area contributed by atoms with E-state index in [9.17, 15) is 13.9 Å². The summed E-state index contributed by atoms with van der Waals surface area (Å²) in [6.45, 7) is 3.58. The predicted octanol–water partition coefficient (Wildman–Crippen LogP) is 3.36. The van der Waals surface area contributed by atoms with Crippen LogP contribution in [0.15, 0.2) is 18.2 Å². The largest absolute Gasteiger partial charge is 0.385 e. The van der Waals surface area contributed by atoms with Crippen molar-refractivity contribution in [3.05, 3.63) is 35.4 Å². The van der Waals surface area contributed by atoms with Crippen LogP contribution in [-0.2, 0) is 5.60 Å². The SMILES string of the molecule is CCCCC(C)(O)c1cc(F)cc(F)c1. The Hall–Kier alpha value is -0.960. The van der Waals surface area contributed by atoms with Gasteiger partial charge in [-0.15, -0.1) is 0 Å². The highest BCUT2D eigenvalue weighted by atomic mass is 19.1. The van der Waals surface area contributed by atoms with Crippen molar-refractivity contribution in [1.82, 2.24) is 0 Å². The van der Waals surface area contributed by atoms with Gasteiger partial charge in [-0.05, 0) is 31.0 Å². The molecule has 1 N–H and O–H groups in total. The van der Waals surface area contributed by atoms with Crippen molar-refractivity contribution in [2.24, 2.45) is 0 Å². The lowest BCUT2D eigenvalue weighted by Gasteiger charge is -2.23. The predicted molar refractivity (Wildman–Crippen MR) is 55.5 cm³/mol. The first kappa shape index (κ1) is 12.1. The smallest absolute Gasteiger partial charge is 0.126 e. The van der Waals surface area contributed by atoms with E-state index < -0.39 is 17.2 Å².